The van der Waals surface area contributed by atoms with Gasteiger partial charge in [0.2, 0.25) is 0 Å². The van der Waals surface area contributed by atoms with Crippen LogP contribution in [0.3, 0.4) is 0 Å². The fourth-order valence-corrected chi connectivity index (χ4v) is 4.30. The van der Waals surface area contributed by atoms with Gasteiger partial charge >= 0.3 is 0 Å². The molecule has 0 aliphatic carbocycles. The van der Waals surface area contributed by atoms with Crippen LogP contribution in [0.15, 0.2) is 42.0 Å². The highest BCUT2D eigenvalue weighted by molar-refractivity contribution is 6.46. The number of aliphatic hydroxyl groups is 1. The van der Waals surface area contributed by atoms with Gasteiger partial charge in [-0.05, 0) is 43.2 Å². The Morgan fingerprint density at radius 2 is 1.71 bits per heavy atom. The number of likely N-dealkylation sites (tertiary alicyclic amines) is 1. The molecule has 1 amide bonds. The summed E-state index contributed by atoms with van der Waals surface area (Å²) in [7, 11) is 1.43. The molecule has 1 heterocycles. The maximum absolute atomic E-state index is 12.9. The highest BCUT2D eigenvalue weighted by Crippen LogP contribution is 2.42. The number of rotatable bonds is 7. The molecule has 0 aromatic heterocycles. The lowest BCUT2D eigenvalue weighted by molar-refractivity contribution is -0.139. The highest BCUT2D eigenvalue weighted by Gasteiger charge is 2.45. The third-order valence-electron chi connectivity index (χ3n) is 4.99. The van der Waals surface area contributed by atoms with Crippen molar-refractivity contribution in [3.8, 4) is 11.5 Å². The van der Waals surface area contributed by atoms with Crippen molar-refractivity contribution in [1.82, 2.24) is 4.90 Å². The second-order valence-electron chi connectivity index (χ2n) is 6.97. The Labute approximate surface area is 191 Å². The molecule has 0 spiro atoms. The number of ether oxygens (including phenoxy) is 2. The van der Waals surface area contributed by atoms with Crippen molar-refractivity contribution in [3.63, 3.8) is 0 Å². The lowest BCUT2D eigenvalue weighted by atomic mass is 9.95. The van der Waals surface area contributed by atoms with Crippen LogP contribution in [0, 0.1) is 0 Å². The lowest BCUT2D eigenvalue weighted by Gasteiger charge is -2.25. The quantitative estimate of drug-likeness (QED) is 0.345. The molecule has 1 atom stereocenters. The van der Waals surface area contributed by atoms with Gasteiger partial charge < -0.3 is 19.5 Å². The van der Waals surface area contributed by atoms with Gasteiger partial charge in [0.25, 0.3) is 11.7 Å². The van der Waals surface area contributed by atoms with E-state index in [1.54, 1.807) is 24.3 Å². The Hall–Kier alpha value is -2.70. The van der Waals surface area contributed by atoms with Crippen molar-refractivity contribution in [2.75, 3.05) is 20.3 Å². The summed E-state index contributed by atoms with van der Waals surface area (Å²) < 4.78 is 10.6. The first-order chi connectivity index (χ1) is 14.8. The number of nitrogens with zero attached hydrogens (tertiary/aromatic N) is 1. The number of benzene rings is 2. The average molecular weight is 464 g/mol. The van der Waals surface area contributed by atoms with Crippen molar-refractivity contribution in [1.29, 1.82) is 0 Å². The molecule has 0 bridgehead atoms. The minimum absolute atomic E-state index is 0.0140. The third-order valence-corrected chi connectivity index (χ3v) is 5.55. The van der Waals surface area contributed by atoms with Crippen LogP contribution in [-0.2, 0) is 9.59 Å². The van der Waals surface area contributed by atoms with Crippen molar-refractivity contribution in [2.45, 2.75) is 26.3 Å². The number of carbonyl (C=O) groups excluding carboxylic acids is 2. The largest absolute Gasteiger partial charge is 0.507 e. The van der Waals surface area contributed by atoms with Crippen LogP contribution in [0.5, 0.6) is 11.5 Å². The second-order valence-corrected chi connectivity index (χ2v) is 7.78. The lowest BCUT2D eigenvalue weighted by Crippen LogP contribution is -2.30. The van der Waals surface area contributed by atoms with Gasteiger partial charge in [-0.15, -0.1) is 0 Å². The Morgan fingerprint density at radius 1 is 1.10 bits per heavy atom. The van der Waals surface area contributed by atoms with E-state index >= 15 is 0 Å². The normalized spacial score (nSPS) is 17.8. The Kier molecular flexibility index (Phi) is 7.13. The van der Waals surface area contributed by atoms with Crippen LogP contribution in [-0.4, -0.2) is 42.0 Å². The molecule has 164 valence electrons. The summed E-state index contributed by atoms with van der Waals surface area (Å²) in [5.74, 6) is -0.829. The van der Waals surface area contributed by atoms with E-state index in [0.717, 1.165) is 0 Å². The maximum Gasteiger partial charge on any atom is 0.295 e. The summed E-state index contributed by atoms with van der Waals surface area (Å²) in [5.41, 5.74) is 0.893. The molecule has 1 aliphatic heterocycles. The molecule has 1 aliphatic rings. The first kappa shape index (κ1) is 23.0. The van der Waals surface area contributed by atoms with E-state index in [4.69, 9.17) is 32.7 Å². The van der Waals surface area contributed by atoms with E-state index in [0.29, 0.717) is 30.9 Å². The molecule has 31 heavy (non-hydrogen) atoms. The van der Waals surface area contributed by atoms with E-state index in [1.165, 1.54) is 24.1 Å². The minimum atomic E-state index is -0.757. The van der Waals surface area contributed by atoms with Gasteiger partial charge in [0.15, 0.2) is 5.75 Å². The number of methoxy groups -OCH3 is 1. The van der Waals surface area contributed by atoms with Crippen molar-refractivity contribution < 1.29 is 24.2 Å². The number of Topliss-reactive ketones (excluding diaryl/α,β-unsaturated/α-hetero) is 1. The monoisotopic (exact) mass is 463 g/mol. The van der Waals surface area contributed by atoms with Gasteiger partial charge in [0.1, 0.15) is 11.5 Å². The number of hydrogen-bond acceptors (Lipinski definition) is 5. The van der Waals surface area contributed by atoms with Crippen LogP contribution >= 0.6 is 23.2 Å². The molecule has 1 fully saturated rings. The maximum atomic E-state index is 12.9. The second kappa shape index (κ2) is 9.62. The van der Waals surface area contributed by atoms with Crippen molar-refractivity contribution in [2.24, 2.45) is 0 Å². The number of ketones is 1. The molecule has 1 N–H and O–H groups in total. The summed E-state index contributed by atoms with van der Waals surface area (Å²) in [6, 6.07) is 9.26. The molecule has 2 aromatic carbocycles. The third kappa shape index (κ3) is 4.36. The van der Waals surface area contributed by atoms with Crippen molar-refractivity contribution in [3.05, 3.63) is 63.1 Å². The predicted octanol–water partition coefficient (Wildman–Crippen LogP) is 5.23. The zero-order valence-corrected chi connectivity index (χ0v) is 19.0. The van der Waals surface area contributed by atoms with E-state index in [1.807, 2.05) is 13.8 Å². The molecule has 1 saturated heterocycles. The van der Waals surface area contributed by atoms with E-state index in [9.17, 15) is 14.7 Å². The Bertz CT molecular complexity index is 1010. The first-order valence-corrected chi connectivity index (χ1v) is 10.6. The van der Waals surface area contributed by atoms with Gasteiger partial charge in [0.05, 0.1) is 35.4 Å². The Morgan fingerprint density at radius 3 is 2.23 bits per heavy atom. The summed E-state index contributed by atoms with van der Waals surface area (Å²) >= 11 is 12.4. The molecule has 8 heteroatoms. The highest BCUT2D eigenvalue weighted by atomic mass is 35.5. The van der Waals surface area contributed by atoms with E-state index in [2.05, 4.69) is 0 Å². The molecular weight excluding hydrogens is 441 g/mol. The molecule has 0 saturated carbocycles. The zero-order valence-electron chi connectivity index (χ0n) is 17.4. The molecular formula is C23H23Cl2NO5. The average Bonchev–Trinajstić information content (AvgIpc) is 2.99. The van der Waals surface area contributed by atoms with Gasteiger partial charge in [-0.25, -0.2) is 0 Å². The Balaban J connectivity index is 2.17. The molecule has 6 nitrogen and oxygen atoms in total. The van der Waals surface area contributed by atoms with Crippen LogP contribution < -0.4 is 9.47 Å². The fourth-order valence-electron chi connectivity index (χ4n) is 3.66. The summed E-state index contributed by atoms with van der Waals surface area (Å²) in [5, 5.41) is 11.4. The van der Waals surface area contributed by atoms with Crippen LogP contribution in [0.4, 0.5) is 0 Å². The standard InChI is InChI=1S/C23H23Cl2NO5/c1-4-10-26-19(13-6-8-15(9-7-13)31-5-2)18(21(28)23(26)29)20(27)14-11-16(24)22(30-3)17(25)12-14/h6-9,11-12,19,27H,4-5,10H2,1-3H3/b20-18+. The molecule has 1 unspecified atom stereocenters. The number of amides is 1. The zero-order chi connectivity index (χ0) is 22.7. The van der Waals surface area contributed by atoms with Gasteiger partial charge in [-0.1, -0.05) is 42.3 Å². The van der Waals surface area contributed by atoms with Gasteiger partial charge in [-0.3, -0.25) is 9.59 Å². The summed E-state index contributed by atoms with van der Waals surface area (Å²) in [6.07, 6.45) is 0.654. The summed E-state index contributed by atoms with van der Waals surface area (Å²) in [4.78, 5) is 27.2. The topological polar surface area (TPSA) is 76.1 Å². The van der Waals surface area contributed by atoms with Crippen LogP contribution in [0.1, 0.15) is 37.4 Å². The fraction of sp³-hybridized carbons (Fsp3) is 0.304. The molecule has 2 aromatic rings. The van der Waals surface area contributed by atoms with Gasteiger partial charge in [0, 0.05) is 12.1 Å². The van der Waals surface area contributed by atoms with Gasteiger partial charge in [-0.2, -0.15) is 0 Å². The van der Waals surface area contributed by atoms with E-state index < -0.39 is 17.7 Å². The summed E-state index contributed by atoms with van der Waals surface area (Å²) in [6.45, 7) is 4.68. The van der Waals surface area contributed by atoms with E-state index in [-0.39, 0.29) is 32.7 Å². The SMILES string of the molecule is CCCN1C(=O)C(=O)/C(=C(/O)c2cc(Cl)c(OC)c(Cl)c2)C1c1ccc(OCC)cc1. The number of aliphatic hydroxyl groups excluding tert-OH is 1. The smallest absolute Gasteiger partial charge is 0.295 e. The number of carbonyl (C=O) groups is 2. The number of halogens is 2. The number of hydrogen-bond donors (Lipinski definition) is 1. The van der Waals surface area contributed by atoms with Crippen molar-refractivity contribution >= 4 is 40.7 Å². The molecule has 0 radical (unpaired) electrons. The predicted molar refractivity (Wildman–Crippen MR) is 120 cm³/mol. The van der Waals surface area contributed by atoms with Crippen LogP contribution in [0.25, 0.3) is 5.76 Å². The first-order valence-electron chi connectivity index (χ1n) is 9.88. The minimum Gasteiger partial charge on any atom is -0.507 e. The van der Waals surface area contributed by atoms with Crippen LogP contribution in [0.2, 0.25) is 10.0 Å². The molecule has 3 rings (SSSR count).